The molecule has 0 saturated carbocycles. The van der Waals surface area contributed by atoms with Gasteiger partial charge in [-0.15, -0.1) is 0 Å². The topological polar surface area (TPSA) is 39.7 Å². The maximum Gasteiger partial charge on any atom is 0.416 e. The summed E-state index contributed by atoms with van der Waals surface area (Å²) in [6.07, 6.45) is -2.19. The van der Waals surface area contributed by atoms with Crippen molar-refractivity contribution in [3.05, 3.63) is 35.4 Å². The van der Waals surface area contributed by atoms with Crippen LogP contribution in [0.2, 0.25) is 0 Å². The molecule has 0 bridgehead atoms. The van der Waals surface area contributed by atoms with Crippen LogP contribution >= 0.6 is 0 Å². The molecule has 1 aliphatic heterocycles. The molecule has 2 N–H and O–H groups in total. The van der Waals surface area contributed by atoms with Crippen LogP contribution in [-0.4, -0.2) is 42.6 Å². The number of hydrogen-bond acceptors (Lipinski definition) is 2. The van der Waals surface area contributed by atoms with Crippen molar-refractivity contribution in [2.75, 3.05) is 19.6 Å². The Balaban J connectivity index is 1.92. The van der Waals surface area contributed by atoms with Crippen LogP contribution in [0.25, 0.3) is 0 Å². The summed E-state index contributed by atoms with van der Waals surface area (Å²) >= 11 is 0. The molecule has 1 aromatic rings. The van der Waals surface area contributed by atoms with Crippen LogP contribution in [0.4, 0.5) is 13.2 Å². The van der Waals surface area contributed by atoms with E-state index in [1.807, 2.05) is 6.92 Å². The Morgan fingerprint density at radius 3 is 2.31 bits per heavy atom. The summed E-state index contributed by atoms with van der Waals surface area (Å²) in [6.45, 7) is 9.63. The van der Waals surface area contributed by atoms with E-state index in [-0.39, 0.29) is 0 Å². The van der Waals surface area contributed by atoms with Crippen molar-refractivity contribution in [3.63, 3.8) is 0 Å². The van der Waals surface area contributed by atoms with Gasteiger partial charge in [0.25, 0.3) is 0 Å². The lowest BCUT2D eigenvalue weighted by Crippen LogP contribution is -2.49. The highest BCUT2D eigenvalue weighted by Crippen LogP contribution is 2.29. The van der Waals surface area contributed by atoms with Crippen molar-refractivity contribution < 1.29 is 13.2 Å². The van der Waals surface area contributed by atoms with E-state index in [9.17, 15) is 13.2 Å². The molecular formula is C19H29F3N4. The van der Waals surface area contributed by atoms with Crippen molar-refractivity contribution >= 4 is 5.96 Å². The molecule has 1 aliphatic rings. The maximum atomic E-state index is 12.6. The molecule has 0 radical (unpaired) electrons. The van der Waals surface area contributed by atoms with Gasteiger partial charge < -0.3 is 15.5 Å². The number of halogens is 3. The first-order valence-corrected chi connectivity index (χ1v) is 9.24. The van der Waals surface area contributed by atoms with E-state index >= 15 is 0 Å². The summed E-state index contributed by atoms with van der Waals surface area (Å²) in [5, 5.41) is 6.67. The Labute approximate surface area is 153 Å². The largest absolute Gasteiger partial charge is 0.416 e. The number of piperidine rings is 1. The summed E-state index contributed by atoms with van der Waals surface area (Å²) < 4.78 is 37.9. The van der Waals surface area contributed by atoms with Crippen molar-refractivity contribution in [2.24, 2.45) is 4.99 Å². The predicted octanol–water partition coefficient (Wildman–Crippen LogP) is 3.63. The van der Waals surface area contributed by atoms with E-state index in [0.717, 1.165) is 56.1 Å². The van der Waals surface area contributed by atoms with Crippen molar-refractivity contribution in [2.45, 2.75) is 58.4 Å². The van der Waals surface area contributed by atoms with Crippen LogP contribution in [0.3, 0.4) is 0 Å². The fraction of sp³-hybridized carbons (Fsp3) is 0.632. The van der Waals surface area contributed by atoms with Gasteiger partial charge in [-0.05, 0) is 51.3 Å². The van der Waals surface area contributed by atoms with Gasteiger partial charge in [-0.25, -0.2) is 4.99 Å². The minimum Gasteiger partial charge on any atom is -0.357 e. The van der Waals surface area contributed by atoms with Crippen molar-refractivity contribution in [3.8, 4) is 0 Å². The number of hydrogen-bond donors (Lipinski definition) is 2. The van der Waals surface area contributed by atoms with E-state index in [1.54, 1.807) is 0 Å². The SMILES string of the molecule is CCNC(=NCc1ccc(C(F)(F)F)cc1)NC1CCN(C(C)C)CC1. The second-order valence-electron chi connectivity index (χ2n) is 6.94. The number of alkyl halides is 3. The lowest BCUT2D eigenvalue weighted by Gasteiger charge is -2.35. The normalized spacial score (nSPS) is 17.6. The van der Waals surface area contributed by atoms with E-state index in [4.69, 9.17) is 0 Å². The number of nitrogens with zero attached hydrogens (tertiary/aromatic N) is 2. The zero-order valence-electron chi connectivity index (χ0n) is 15.7. The number of guanidine groups is 1. The van der Waals surface area contributed by atoms with Crippen LogP contribution in [0.5, 0.6) is 0 Å². The number of nitrogens with one attached hydrogen (secondary N) is 2. The summed E-state index contributed by atoms with van der Waals surface area (Å²) in [5.41, 5.74) is 0.122. The highest BCUT2D eigenvalue weighted by atomic mass is 19.4. The van der Waals surface area contributed by atoms with Crippen LogP contribution in [0, 0.1) is 0 Å². The van der Waals surface area contributed by atoms with Gasteiger partial charge in [-0.3, -0.25) is 0 Å². The van der Waals surface area contributed by atoms with E-state index in [2.05, 4.69) is 34.4 Å². The van der Waals surface area contributed by atoms with Crippen molar-refractivity contribution in [1.82, 2.24) is 15.5 Å². The first kappa shape index (κ1) is 20.6. The molecule has 0 atom stereocenters. The minimum atomic E-state index is -4.30. The molecule has 0 amide bonds. The molecular weight excluding hydrogens is 341 g/mol. The van der Waals surface area contributed by atoms with E-state index in [0.29, 0.717) is 18.6 Å². The molecule has 1 heterocycles. The quantitative estimate of drug-likeness (QED) is 0.614. The molecule has 0 unspecified atom stereocenters. The van der Waals surface area contributed by atoms with Gasteiger partial charge in [0.2, 0.25) is 0 Å². The third kappa shape index (κ3) is 6.20. The maximum absolute atomic E-state index is 12.6. The summed E-state index contributed by atoms with van der Waals surface area (Å²) in [5.74, 6) is 0.718. The van der Waals surface area contributed by atoms with E-state index in [1.165, 1.54) is 12.1 Å². The second-order valence-corrected chi connectivity index (χ2v) is 6.94. The molecule has 2 rings (SSSR count). The number of benzene rings is 1. The molecule has 1 aromatic carbocycles. The third-order valence-corrected chi connectivity index (χ3v) is 4.65. The molecule has 1 saturated heterocycles. The van der Waals surface area contributed by atoms with Crippen LogP contribution in [0.1, 0.15) is 44.7 Å². The summed E-state index contributed by atoms with van der Waals surface area (Å²) in [4.78, 5) is 6.99. The smallest absolute Gasteiger partial charge is 0.357 e. The lowest BCUT2D eigenvalue weighted by molar-refractivity contribution is -0.137. The van der Waals surface area contributed by atoms with Crippen LogP contribution in [-0.2, 0) is 12.7 Å². The van der Waals surface area contributed by atoms with E-state index < -0.39 is 11.7 Å². The fourth-order valence-electron chi connectivity index (χ4n) is 3.04. The first-order chi connectivity index (χ1) is 12.3. The molecule has 0 aliphatic carbocycles. The standard InChI is InChI=1S/C19H29F3N4/c1-4-23-18(25-17-9-11-26(12-10-17)14(2)3)24-13-15-5-7-16(8-6-15)19(20,21)22/h5-8,14,17H,4,9-13H2,1-3H3,(H2,23,24,25). The summed E-state index contributed by atoms with van der Waals surface area (Å²) in [7, 11) is 0. The molecule has 26 heavy (non-hydrogen) atoms. The highest BCUT2D eigenvalue weighted by Gasteiger charge is 2.29. The predicted molar refractivity (Wildman–Crippen MR) is 99.1 cm³/mol. The van der Waals surface area contributed by atoms with Gasteiger partial charge in [0.15, 0.2) is 5.96 Å². The molecule has 146 valence electrons. The molecule has 0 aromatic heterocycles. The highest BCUT2D eigenvalue weighted by molar-refractivity contribution is 5.80. The fourth-order valence-corrected chi connectivity index (χ4v) is 3.04. The second kappa shape index (κ2) is 9.26. The van der Waals surface area contributed by atoms with Crippen molar-refractivity contribution in [1.29, 1.82) is 0 Å². The molecule has 4 nitrogen and oxygen atoms in total. The van der Waals surface area contributed by atoms with Gasteiger partial charge in [0.1, 0.15) is 0 Å². The van der Waals surface area contributed by atoms with Gasteiger partial charge in [0.05, 0.1) is 12.1 Å². The van der Waals surface area contributed by atoms with Gasteiger partial charge in [-0.1, -0.05) is 12.1 Å². The Bertz CT molecular complexity index is 573. The van der Waals surface area contributed by atoms with Gasteiger partial charge in [0, 0.05) is 31.7 Å². The Morgan fingerprint density at radius 2 is 1.81 bits per heavy atom. The number of rotatable bonds is 5. The Morgan fingerprint density at radius 1 is 1.19 bits per heavy atom. The van der Waals surface area contributed by atoms with Gasteiger partial charge >= 0.3 is 6.18 Å². The molecule has 7 heteroatoms. The number of aliphatic imine (C=N–C) groups is 1. The zero-order chi connectivity index (χ0) is 19.2. The average Bonchev–Trinajstić information content (AvgIpc) is 2.60. The Kier molecular flexibility index (Phi) is 7.32. The third-order valence-electron chi connectivity index (χ3n) is 4.65. The van der Waals surface area contributed by atoms with Crippen LogP contribution < -0.4 is 10.6 Å². The zero-order valence-corrected chi connectivity index (χ0v) is 15.7. The summed E-state index contributed by atoms with van der Waals surface area (Å²) in [6, 6.07) is 6.11. The molecule has 1 fully saturated rings. The molecule has 0 spiro atoms. The average molecular weight is 370 g/mol. The number of likely N-dealkylation sites (tertiary alicyclic amines) is 1. The first-order valence-electron chi connectivity index (χ1n) is 9.24. The minimum absolute atomic E-state index is 0.346. The lowest BCUT2D eigenvalue weighted by atomic mass is 10.0. The van der Waals surface area contributed by atoms with Crippen LogP contribution in [0.15, 0.2) is 29.3 Å². The van der Waals surface area contributed by atoms with Gasteiger partial charge in [-0.2, -0.15) is 13.2 Å². The monoisotopic (exact) mass is 370 g/mol. The Hall–Kier alpha value is -1.76.